The van der Waals surface area contributed by atoms with Gasteiger partial charge in [-0.15, -0.1) is 0 Å². The van der Waals surface area contributed by atoms with Crippen LogP contribution in [0.5, 0.6) is 0 Å². The number of hydrogen-bond donors (Lipinski definition) is 0. The van der Waals surface area contributed by atoms with Crippen molar-refractivity contribution in [1.82, 2.24) is 0 Å². The molecule has 0 unspecified atom stereocenters. The highest BCUT2D eigenvalue weighted by atomic mass is 16.1. The van der Waals surface area contributed by atoms with Gasteiger partial charge >= 0.3 is 0 Å². The third-order valence-corrected chi connectivity index (χ3v) is 4.30. The minimum Gasteiger partial charge on any atom is -0.300 e. The van der Waals surface area contributed by atoms with Gasteiger partial charge in [-0.3, -0.25) is 4.79 Å². The van der Waals surface area contributed by atoms with Gasteiger partial charge in [0.15, 0.2) is 0 Å². The van der Waals surface area contributed by atoms with Crippen LogP contribution in [-0.2, 0) is 4.79 Å². The highest BCUT2D eigenvalue weighted by Crippen LogP contribution is 2.54. The molecule has 0 heterocycles. The number of Topliss-reactive ketones (excluding diaryl/α,β-unsaturated/α-hetero) is 1. The predicted molar refractivity (Wildman–Crippen MR) is 57.9 cm³/mol. The third-order valence-electron chi connectivity index (χ3n) is 4.30. The van der Waals surface area contributed by atoms with Crippen LogP contribution < -0.4 is 0 Å². The van der Waals surface area contributed by atoms with E-state index in [0.29, 0.717) is 11.7 Å². The quantitative estimate of drug-likeness (QED) is 0.674. The fraction of sp³-hybridized carbons (Fsp3) is 0.923. The molecule has 1 nitrogen and oxygen atoms in total. The third kappa shape index (κ3) is 1.62. The van der Waals surface area contributed by atoms with Gasteiger partial charge < -0.3 is 0 Å². The summed E-state index contributed by atoms with van der Waals surface area (Å²) in [5.41, 5.74) is 0. The largest absolute Gasteiger partial charge is 0.300 e. The summed E-state index contributed by atoms with van der Waals surface area (Å²) < 4.78 is 0. The number of rotatable bonds is 3. The van der Waals surface area contributed by atoms with E-state index in [-0.39, 0.29) is 0 Å². The van der Waals surface area contributed by atoms with Crippen LogP contribution in [0.1, 0.15) is 46.5 Å². The van der Waals surface area contributed by atoms with E-state index in [4.69, 9.17) is 0 Å². The summed E-state index contributed by atoms with van der Waals surface area (Å²) in [5, 5.41) is 0. The van der Waals surface area contributed by atoms with Crippen molar-refractivity contribution in [3.63, 3.8) is 0 Å². The number of ketones is 1. The van der Waals surface area contributed by atoms with Crippen LogP contribution in [0.25, 0.3) is 0 Å². The van der Waals surface area contributed by atoms with Crippen LogP contribution in [-0.4, -0.2) is 5.78 Å². The molecule has 0 amide bonds. The molecule has 0 aromatic carbocycles. The normalized spacial score (nSPS) is 40.9. The van der Waals surface area contributed by atoms with Crippen molar-refractivity contribution in [2.24, 2.45) is 29.6 Å². The summed E-state index contributed by atoms with van der Waals surface area (Å²) in [7, 11) is 0. The molecular formula is C13H22O. The standard InChI is InChI=1S/C13H22O/c1-8(2)6-12-10-4-5-11(7-10)13(12)9(3)14/h8,10-13H,4-7H2,1-3H3/t10-,11+,12+,13+/m1/s1. The van der Waals surface area contributed by atoms with Gasteiger partial charge in [0.2, 0.25) is 0 Å². The smallest absolute Gasteiger partial charge is 0.133 e. The summed E-state index contributed by atoms with van der Waals surface area (Å²) in [4.78, 5) is 11.6. The van der Waals surface area contributed by atoms with Gasteiger partial charge in [0.1, 0.15) is 5.78 Å². The molecule has 0 aliphatic heterocycles. The van der Waals surface area contributed by atoms with E-state index in [0.717, 1.165) is 23.7 Å². The average Bonchev–Trinajstić information content (AvgIpc) is 2.61. The molecule has 4 atom stereocenters. The first kappa shape index (κ1) is 10.2. The van der Waals surface area contributed by atoms with E-state index in [9.17, 15) is 4.79 Å². The molecule has 2 aliphatic rings. The highest BCUT2D eigenvalue weighted by molar-refractivity contribution is 5.79. The lowest BCUT2D eigenvalue weighted by atomic mass is 9.74. The highest BCUT2D eigenvalue weighted by Gasteiger charge is 2.48. The Morgan fingerprint density at radius 1 is 1.29 bits per heavy atom. The van der Waals surface area contributed by atoms with Crippen LogP contribution in [0, 0.1) is 29.6 Å². The lowest BCUT2D eigenvalue weighted by molar-refractivity contribution is -0.124. The SMILES string of the molecule is CC(=O)[C@H]1[C@H]2CC[C@H](C2)[C@@H]1CC(C)C. The fourth-order valence-corrected chi connectivity index (χ4v) is 3.93. The van der Waals surface area contributed by atoms with E-state index in [1.807, 2.05) is 0 Å². The Morgan fingerprint density at radius 3 is 2.50 bits per heavy atom. The lowest BCUT2D eigenvalue weighted by Crippen LogP contribution is -2.29. The minimum atomic E-state index is 0.427. The molecule has 0 saturated heterocycles. The van der Waals surface area contributed by atoms with Crippen molar-refractivity contribution >= 4 is 5.78 Å². The molecule has 2 saturated carbocycles. The van der Waals surface area contributed by atoms with Gasteiger partial charge in [-0.2, -0.15) is 0 Å². The van der Waals surface area contributed by atoms with Crippen LogP contribution in [0.15, 0.2) is 0 Å². The Kier molecular flexibility index (Phi) is 2.68. The van der Waals surface area contributed by atoms with E-state index in [1.165, 1.54) is 25.7 Å². The van der Waals surface area contributed by atoms with Crippen molar-refractivity contribution in [3.05, 3.63) is 0 Å². The average molecular weight is 194 g/mol. The van der Waals surface area contributed by atoms with E-state index in [1.54, 1.807) is 6.92 Å². The molecule has 0 aromatic rings. The molecule has 2 rings (SSSR count). The molecule has 2 aliphatic carbocycles. The topological polar surface area (TPSA) is 17.1 Å². The maximum Gasteiger partial charge on any atom is 0.133 e. The van der Waals surface area contributed by atoms with Gasteiger partial charge in [-0.05, 0) is 56.3 Å². The van der Waals surface area contributed by atoms with Gasteiger partial charge in [0, 0.05) is 5.92 Å². The zero-order valence-electron chi connectivity index (χ0n) is 9.62. The number of fused-ring (bicyclic) bond motifs is 2. The molecule has 14 heavy (non-hydrogen) atoms. The zero-order chi connectivity index (χ0) is 10.3. The van der Waals surface area contributed by atoms with Crippen LogP contribution in [0.3, 0.4) is 0 Å². The Balaban J connectivity index is 2.09. The summed E-state index contributed by atoms with van der Waals surface area (Å²) in [5.74, 6) is 4.00. The summed E-state index contributed by atoms with van der Waals surface area (Å²) >= 11 is 0. The first-order valence-corrected chi connectivity index (χ1v) is 6.10. The number of hydrogen-bond acceptors (Lipinski definition) is 1. The predicted octanol–water partition coefficient (Wildman–Crippen LogP) is 3.28. The number of carbonyl (C=O) groups excluding carboxylic acids is 1. The molecule has 2 bridgehead atoms. The summed E-state index contributed by atoms with van der Waals surface area (Å²) in [6.07, 6.45) is 5.34. The van der Waals surface area contributed by atoms with Crippen molar-refractivity contribution in [2.45, 2.75) is 46.5 Å². The second-order valence-corrected chi connectivity index (χ2v) is 5.76. The minimum absolute atomic E-state index is 0.427. The van der Waals surface area contributed by atoms with Gasteiger partial charge in [0.05, 0.1) is 0 Å². The Hall–Kier alpha value is -0.330. The van der Waals surface area contributed by atoms with Crippen LogP contribution in [0.2, 0.25) is 0 Å². The summed E-state index contributed by atoms with van der Waals surface area (Å²) in [6.45, 7) is 6.37. The van der Waals surface area contributed by atoms with Gasteiger partial charge in [-0.25, -0.2) is 0 Å². The second-order valence-electron chi connectivity index (χ2n) is 5.76. The number of carbonyl (C=O) groups is 1. The van der Waals surface area contributed by atoms with E-state index in [2.05, 4.69) is 13.8 Å². The molecule has 0 aromatic heterocycles. The Morgan fingerprint density at radius 2 is 1.93 bits per heavy atom. The molecule has 0 N–H and O–H groups in total. The molecule has 80 valence electrons. The van der Waals surface area contributed by atoms with E-state index < -0.39 is 0 Å². The molecular weight excluding hydrogens is 172 g/mol. The Labute approximate surface area is 87.3 Å². The summed E-state index contributed by atoms with van der Waals surface area (Å²) in [6, 6.07) is 0. The van der Waals surface area contributed by atoms with Crippen LogP contribution >= 0.6 is 0 Å². The molecule has 1 heteroatoms. The monoisotopic (exact) mass is 194 g/mol. The van der Waals surface area contributed by atoms with Gasteiger partial charge in [-0.1, -0.05) is 13.8 Å². The van der Waals surface area contributed by atoms with Gasteiger partial charge in [0.25, 0.3) is 0 Å². The van der Waals surface area contributed by atoms with Crippen LogP contribution in [0.4, 0.5) is 0 Å². The van der Waals surface area contributed by atoms with Crippen molar-refractivity contribution < 1.29 is 4.79 Å². The maximum absolute atomic E-state index is 11.6. The maximum atomic E-state index is 11.6. The first-order chi connectivity index (χ1) is 6.59. The van der Waals surface area contributed by atoms with E-state index >= 15 is 0 Å². The first-order valence-electron chi connectivity index (χ1n) is 6.10. The Bertz CT molecular complexity index is 231. The van der Waals surface area contributed by atoms with Crippen molar-refractivity contribution in [3.8, 4) is 0 Å². The second kappa shape index (κ2) is 3.67. The zero-order valence-corrected chi connectivity index (χ0v) is 9.62. The molecule has 0 radical (unpaired) electrons. The molecule has 0 spiro atoms. The lowest BCUT2D eigenvalue weighted by Gasteiger charge is -2.30. The van der Waals surface area contributed by atoms with Crippen molar-refractivity contribution in [1.29, 1.82) is 0 Å². The molecule has 2 fully saturated rings. The fourth-order valence-electron chi connectivity index (χ4n) is 3.93. The van der Waals surface area contributed by atoms with Crippen molar-refractivity contribution in [2.75, 3.05) is 0 Å².